The van der Waals surface area contributed by atoms with E-state index in [0.717, 1.165) is 5.69 Å². The highest BCUT2D eigenvalue weighted by molar-refractivity contribution is 6.20. The average molecular weight is 361 g/mol. The summed E-state index contributed by atoms with van der Waals surface area (Å²) in [6.07, 6.45) is 2.43. The molecule has 1 aromatic rings. The first-order valence-corrected chi connectivity index (χ1v) is 8.29. The van der Waals surface area contributed by atoms with Crippen molar-refractivity contribution in [3.8, 4) is 0 Å². The molecule has 0 spiro atoms. The molecular formula is C18H23N3O5. The van der Waals surface area contributed by atoms with E-state index < -0.39 is 0 Å². The van der Waals surface area contributed by atoms with Gasteiger partial charge in [0.25, 0.3) is 0 Å². The molecule has 140 valence electrons. The summed E-state index contributed by atoms with van der Waals surface area (Å²) in [5.74, 6) is -0.675. The standard InChI is InChI=1S/C18H23N3O5/c22-8-5-19-15-11-18(26)16(12-17(15)25)20-13-1-3-14(4-2-13)21(6-9-23)7-10-24/h1-4,11-12,19-20,22-24H,5-10H2. The molecule has 0 radical (unpaired) electrons. The summed E-state index contributed by atoms with van der Waals surface area (Å²) in [7, 11) is 0. The topological polar surface area (TPSA) is 122 Å². The van der Waals surface area contributed by atoms with Crippen LogP contribution in [0.4, 0.5) is 11.4 Å². The van der Waals surface area contributed by atoms with Crippen molar-refractivity contribution in [2.75, 3.05) is 49.7 Å². The van der Waals surface area contributed by atoms with Crippen LogP contribution in [0.15, 0.2) is 47.8 Å². The van der Waals surface area contributed by atoms with Gasteiger partial charge in [-0.15, -0.1) is 0 Å². The lowest BCUT2D eigenvalue weighted by molar-refractivity contribution is -0.115. The number of aliphatic hydroxyl groups excluding tert-OH is 3. The fourth-order valence-corrected chi connectivity index (χ4v) is 2.51. The van der Waals surface area contributed by atoms with Crippen molar-refractivity contribution in [1.82, 2.24) is 5.32 Å². The number of ketones is 2. The number of nitrogens with zero attached hydrogens (tertiary/aromatic N) is 1. The van der Waals surface area contributed by atoms with Crippen molar-refractivity contribution in [2.45, 2.75) is 0 Å². The Morgan fingerprint density at radius 3 is 1.96 bits per heavy atom. The van der Waals surface area contributed by atoms with Crippen molar-refractivity contribution in [1.29, 1.82) is 0 Å². The first kappa shape index (κ1) is 19.6. The zero-order chi connectivity index (χ0) is 18.9. The lowest BCUT2D eigenvalue weighted by atomic mass is 10.1. The minimum atomic E-state index is -0.339. The van der Waals surface area contributed by atoms with E-state index in [1.54, 1.807) is 24.3 Å². The molecule has 1 aromatic carbocycles. The Bertz CT molecular complexity index is 691. The van der Waals surface area contributed by atoms with Crippen LogP contribution in [-0.2, 0) is 9.59 Å². The van der Waals surface area contributed by atoms with E-state index >= 15 is 0 Å². The van der Waals surface area contributed by atoms with Gasteiger partial charge >= 0.3 is 0 Å². The largest absolute Gasteiger partial charge is 0.395 e. The number of hydrogen-bond donors (Lipinski definition) is 5. The van der Waals surface area contributed by atoms with Crippen molar-refractivity contribution in [2.24, 2.45) is 0 Å². The van der Waals surface area contributed by atoms with Crippen molar-refractivity contribution in [3.05, 3.63) is 47.8 Å². The SMILES string of the molecule is O=C1C=C(Nc2ccc(N(CCO)CCO)cc2)C(=O)C=C1NCCO. The molecule has 0 amide bonds. The average Bonchev–Trinajstić information content (AvgIpc) is 2.64. The van der Waals surface area contributed by atoms with Gasteiger partial charge in [0.05, 0.1) is 31.2 Å². The Balaban J connectivity index is 2.05. The minimum Gasteiger partial charge on any atom is -0.395 e. The molecule has 0 fully saturated rings. The van der Waals surface area contributed by atoms with E-state index in [1.807, 2.05) is 4.90 Å². The van der Waals surface area contributed by atoms with Crippen LogP contribution in [0.25, 0.3) is 0 Å². The van der Waals surface area contributed by atoms with Crippen molar-refractivity contribution < 1.29 is 24.9 Å². The number of nitrogens with one attached hydrogen (secondary N) is 2. The minimum absolute atomic E-state index is 0.0253. The number of benzene rings is 1. The maximum absolute atomic E-state index is 12.1. The number of hydrogen-bond acceptors (Lipinski definition) is 8. The third-order valence-corrected chi connectivity index (χ3v) is 3.76. The third-order valence-electron chi connectivity index (χ3n) is 3.76. The maximum Gasteiger partial charge on any atom is 0.204 e. The molecule has 8 heteroatoms. The maximum atomic E-state index is 12.1. The highest BCUT2D eigenvalue weighted by atomic mass is 16.3. The molecule has 0 unspecified atom stereocenters. The first-order chi connectivity index (χ1) is 12.6. The molecular weight excluding hydrogens is 338 g/mol. The summed E-state index contributed by atoms with van der Waals surface area (Å²) in [5, 5.41) is 32.6. The molecule has 5 N–H and O–H groups in total. The van der Waals surface area contributed by atoms with E-state index in [4.69, 9.17) is 15.3 Å². The number of aliphatic hydroxyl groups is 3. The Morgan fingerprint density at radius 2 is 1.38 bits per heavy atom. The zero-order valence-corrected chi connectivity index (χ0v) is 14.3. The highest BCUT2D eigenvalue weighted by Crippen LogP contribution is 2.20. The second-order valence-corrected chi connectivity index (χ2v) is 5.60. The molecule has 1 aliphatic rings. The van der Waals surface area contributed by atoms with Crippen LogP contribution < -0.4 is 15.5 Å². The number of allylic oxidation sites excluding steroid dienone is 2. The fourth-order valence-electron chi connectivity index (χ4n) is 2.51. The number of carbonyl (C=O) groups excluding carboxylic acids is 2. The van der Waals surface area contributed by atoms with Crippen LogP contribution in [0.5, 0.6) is 0 Å². The third kappa shape index (κ3) is 5.16. The summed E-state index contributed by atoms with van der Waals surface area (Å²) >= 11 is 0. The molecule has 0 saturated heterocycles. The van der Waals surface area contributed by atoms with E-state index in [-0.39, 0.29) is 49.3 Å². The Kier molecular flexibility index (Phi) is 7.34. The molecule has 1 aliphatic carbocycles. The lowest BCUT2D eigenvalue weighted by Gasteiger charge is -2.23. The predicted octanol–water partition coefficient (Wildman–Crippen LogP) is -0.609. The van der Waals surface area contributed by atoms with Gasteiger partial charge in [-0.25, -0.2) is 0 Å². The fraction of sp³-hybridized carbons (Fsp3) is 0.333. The van der Waals surface area contributed by atoms with Crippen LogP contribution in [0.3, 0.4) is 0 Å². The van der Waals surface area contributed by atoms with Gasteiger partial charge in [-0.05, 0) is 24.3 Å². The lowest BCUT2D eigenvalue weighted by Crippen LogP contribution is -2.29. The molecule has 2 rings (SSSR count). The van der Waals surface area contributed by atoms with Crippen LogP contribution >= 0.6 is 0 Å². The Hall–Kier alpha value is -2.68. The normalized spacial score (nSPS) is 14.0. The van der Waals surface area contributed by atoms with Gasteiger partial charge in [-0.1, -0.05) is 0 Å². The molecule has 0 atom stereocenters. The monoisotopic (exact) mass is 361 g/mol. The molecule has 0 heterocycles. The predicted molar refractivity (Wildman–Crippen MR) is 97.7 cm³/mol. The smallest absolute Gasteiger partial charge is 0.204 e. The second kappa shape index (κ2) is 9.71. The number of anilines is 2. The van der Waals surface area contributed by atoms with Gasteiger partial charge in [0.15, 0.2) is 0 Å². The molecule has 0 aromatic heterocycles. The van der Waals surface area contributed by atoms with Crippen LogP contribution in [-0.4, -0.2) is 66.3 Å². The molecule has 0 saturated carbocycles. The van der Waals surface area contributed by atoms with Crippen LogP contribution in [0, 0.1) is 0 Å². The van der Waals surface area contributed by atoms with Gasteiger partial charge in [-0.2, -0.15) is 0 Å². The number of rotatable bonds is 10. The quantitative estimate of drug-likeness (QED) is 0.350. The highest BCUT2D eigenvalue weighted by Gasteiger charge is 2.20. The van der Waals surface area contributed by atoms with Gasteiger partial charge < -0.3 is 30.9 Å². The van der Waals surface area contributed by atoms with Crippen molar-refractivity contribution in [3.63, 3.8) is 0 Å². The van der Waals surface area contributed by atoms with Gasteiger partial charge in [0, 0.05) is 43.2 Å². The Morgan fingerprint density at radius 1 is 0.808 bits per heavy atom. The van der Waals surface area contributed by atoms with E-state index in [9.17, 15) is 9.59 Å². The van der Waals surface area contributed by atoms with E-state index in [1.165, 1.54) is 12.2 Å². The summed E-state index contributed by atoms with van der Waals surface area (Å²) in [5.41, 5.74) is 1.79. The van der Waals surface area contributed by atoms with Gasteiger partial charge in [-0.3, -0.25) is 9.59 Å². The first-order valence-electron chi connectivity index (χ1n) is 8.29. The van der Waals surface area contributed by atoms with Crippen LogP contribution in [0.1, 0.15) is 0 Å². The van der Waals surface area contributed by atoms with Gasteiger partial charge in [0.1, 0.15) is 0 Å². The summed E-state index contributed by atoms with van der Waals surface area (Å²) in [6.45, 7) is 0.815. The zero-order valence-electron chi connectivity index (χ0n) is 14.3. The molecule has 0 aliphatic heterocycles. The molecule has 8 nitrogen and oxygen atoms in total. The van der Waals surface area contributed by atoms with E-state index in [2.05, 4.69) is 10.6 Å². The number of carbonyl (C=O) groups is 2. The second-order valence-electron chi connectivity index (χ2n) is 5.60. The van der Waals surface area contributed by atoms with Crippen LogP contribution in [0.2, 0.25) is 0 Å². The van der Waals surface area contributed by atoms with Crippen molar-refractivity contribution >= 4 is 22.9 Å². The summed E-state index contributed by atoms with van der Waals surface area (Å²) in [6, 6.07) is 7.10. The van der Waals surface area contributed by atoms with E-state index in [0.29, 0.717) is 18.8 Å². The summed E-state index contributed by atoms with van der Waals surface area (Å²) < 4.78 is 0. The van der Waals surface area contributed by atoms with Gasteiger partial charge in [0.2, 0.25) is 11.6 Å². The molecule has 26 heavy (non-hydrogen) atoms. The summed E-state index contributed by atoms with van der Waals surface area (Å²) in [4.78, 5) is 26.0. The molecule has 0 bridgehead atoms. The Labute approximate surface area is 151 Å².